The normalized spacial score (nSPS) is 13.4. The van der Waals surface area contributed by atoms with Crippen LogP contribution in [0.5, 0.6) is 5.75 Å². The second-order valence-corrected chi connectivity index (χ2v) is 13.9. The van der Waals surface area contributed by atoms with Crippen molar-refractivity contribution >= 4 is 17.3 Å². The van der Waals surface area contributed by atoms with Crippen molar-refractivity contribution < 1.29 is 27.5 Å². The van der Waals surface area contributed by atoms with Gasteiger partial charge in [-0.1, -0.05) is 85.8 Å². The Morgan fingerprint density at radius 2 is 1.63 bits per heavy atom. The predicted molar refractivity (Wildman–Crippen MR) is 215 cm³/mol. The van der Waals surface area contributed by atoms with E-state index in [1.165, 1.54) is 18.9 Å². The Balaban J connectivity index is 0.000000344. The highest BCUT2D eigenvalue weighted by molar-refractivity contribution is 5.98. The number of hydrogen-bond acceptors (Lipinski definition) is 5. The molecule has 0 unspecified atom stereocenters. The van der Waals surface area contributed by atoms with E-state index in [0.29, 0.717) is 49.5 Å². The number of aromatic nitrogens is 2. The van der Waals surface area contributed by atoms with E-state index >= 15 is 0 Å². The minimum Gasteiger partial charge on any atom is -0.492 e. The third-order valence-corrected chi connectivity index (χ3v) is 9.20. The van der Waals surface area contributed by atoms with Crippen LogP contribution < -0.4 is 4.74 Å². The maximum atomic E-state index is 13.0. The van der Waals surface area contributed by atoms with Crippen molar-refractivity contribution in [3.05, 3.63) is 88.4 Å². The fourth-order valence-electron chi connectivity index (χ4n) is 6.24. The first-order chi connectivity index (χ1) is 25.8. The average Bonchev–Trinajstić information content (AvgIpc) is 3.58. The number of nitrogens with zero attached hydrogens (tertiary/aromatic N) is 4. The fourth-order valence-corrected chi connectivity index (χ4v) is 6.24. The molecular weight excluding hydrogens is 690 g/mol. The van der Waals surface area contributed by atoms with E-state index in [2.05, 4.69) is 50.6 Å². The number of Topliss-reactive ketones (excluding diaryl/α,β-unsaturated/α-hetero) is 1. The number of allylic oxidation sites excluding steroid dienone is 2. The summed E-state index contributed by atoms with van der Waals surface area (Å²) < 4.78 is 46.4. The summed E-state index contributed by atoms with van der Waals surface area (Å²) in [5.41, 5.74) is 4.44. The first-order valence-electron chi connectivity index (χ1n) is 20.0. The Bertz CT molecular complexity index is 1640. The molecule has 7 nitrogen and oxygen atoms in total. The molecule has 0 fully saturated rings. The van der Waals surface area contributed by atoms with Gasteiger partial charge in [0.05, 0.1) is 11.8 Å². The molecule has 0 bridgehead atoms. The van der Waals surface area contributed by atoms with Crippen LogP contribution in [0.3, 0.4) is 0 Å². The molecule has 3 aromatic rings. The molecule has 0 aliphatic carbocycles. The molecule has 4 rings (SSSR count). The first kappa shape index (κ1) is 46.2. The average molecular weight is 755 g/mol. The minimum atomic E-state index is -4.34. The lowest BCUT2D eigenvalue weighted by Crippen LogP contribution is -2.37. The number of aryl methyl sites for hydroxylation is 1. The topological polar surface area (TPSA) is 67.2 Å². The quantitative estimate of drug-likeness (QED) is 0.101. The van der Waals surface area contributed by atoms with E-state index in [1.54, 1.807) is 19.2 Å². The summed E-state index contributed by atoms with van der Waals surface area (Å²) in [7, 11) is 0. The van der Waals surface area contributed by atoms with Gasteiger partial charge in [0.25, 0.3) is 5.91 Å². The summed E-state index contributed by atoms with van der Waals surface area (Å²) in [6.07, 6.45) is 11.3. The number of carbonyl (C=O) groups is 2. The second kappa shape index (κ2) is 24.5. The van der Waals surface area contributed by atoms with Gasteiger partial charge < -0.3 is 9.64 Å². The summed E-state index contributed by atoms with van der Waals surface area (Å²) in [4.78, 5) is 33.6. The summed E-state index contributed by atoms with van der Waals surface area (Å²) in [5.74, 6) is 0.407. The van der Waals surface area contributed by atoms with Crippen molar-refractivity contribution in [2.45, 2.75) is 126 Å². The number of imidazole rings is 1. The monoisotopic (exact) mass is 755 g/mol. The van der Waals surface area contributed by atoms with Crippen LogP contribution in [0.1, 0.15) is 135 Å². The van der Waals surface area contributed by atoms with Gasteiger partial charge in [0.1, 0.15) is 23.7 Å². The molecule has 0 saturated heterocycles. The van der Waals surface area contributed by atoms with Gasteiger partial charge in [-0.15, -0.1) is 0 Å². The standard InChI is InChI=1S/C22H27N3O2.C18H28F3NO.C4H10/c1-4-5-6-9-19(17(3)26)18-11-13-24(15-16(18)2)22(27)20-14-23-21-10-7-8-12-25(20)21;1-4-7-15-12-16(18(19,20)21)14-17(13-15)23-11-10-22(8-5-2)9-6-3;1-3-4-2/h7-10,12,14H,4-6,11,13,15H2,1-3H3;12-14H,4-11H2,1-3H3;3-4H2,1-2H3/b19-9-;;. The predicted octanol–water partition coefficient (Wildman–Crippen LogP) is 11.2. The van der Waals surface area contributed by atoms with Crippen LogP contribution in [0, 0.1) is 0 Å². The molecule has 1 amide bonds. The summed E-state index contributed by atoms with van der Waals surface area (Å²) in [6.45, 7) is 20.6. The number of amides is 1. The molecule has 0 atom stereocenters. The molecule has 1 aliphatic rings. The van der Waals surface area contributed by atoms with Gasteiger partial charge >= 0.3 is 6.18 Å². The SMILES string of the molecule is CCCC.CCCC/C=C(/C(C)=O)C1=C(C)CN(C(=O)c2cnc3ccccn23)CC1.CCCc1cc(OCCN(CCC)CCC)cc(C(F)(F)F)c1. The van der Waals surface area contributed by atoms with Crippen LogP contribution in [-0.2, 0) is 17.4 Å². The van der Waals surface area contributed by atoms with Crippen molar-refractivity contribution in [3.63, 3.8) is 0 Å². The maximum absolute atomic E-state index is 13.0. The summed E-state index contributed by atoms with van der Waals surface area (Å²) >= 11 is 0. The maximum Gasteiger partial charge on any atom is 0.416 e. The molecule has 1 aliphatic heterocycles. The number of rotatable bonds is 17. The third kappa shape index (κ3) is 15.1. The number of fused-ring (bicyclic) bond motifs is 1. The molecule has 300 valence electrons. The number of ketones is 1. The Hall–Kier alpha value is -3.92. The lowest BCUT2D eigenvalue weighted by atomic mass is 9.91. The zero-order chi connectivity index (χ0) is 40.1. The zero-order valence-corrected chi connectivity index (χ0v) is 34.2. The highest BCUT2D eigenvalue weighted by Gasteiger charge is 2.31. The third-order valence-electron chi connectivity index (χ3n) is 9.20. The largest absolute Gasteiger partial charge is 0.492 e. The van der Waals surface area contributed by atoms with E-state index < -0.39 is 11.7 Å². The second-order valence-electron chi connectivity index (χ2n) is 13.9. The van der Waals surface area contributed by atoms with Crippen LogP contribution in [0.2, 0.25) is 0 Å². The van der Waals surface area contributed by atoms with Crippen LogP contribution in [0.25, 0.3) is 5.65 Å². The van der Waals surface area contributed by atoms with Crippen molar-refractivity contribution in [1.82, 2.24) is 19.2 Å². The van der Waals surface area contributed by atoms with Crippen LogP contribution in [-0.4, -0.2) is 70.2 Å². The molecule has 54 heavy (non-hydrogen) atoms. The Morgan fingerprint density at radius 1 is 0.926 bits per heavy atom. The van der Waals surface area contributed by atoms with Crippen LogP contribution in [0.15, 0.2) is 71.6 Å². The molecule has 1 aromatic carbocycles. The first-order valence-corrected chi connectivity index (χ1v) is 20.0. The molecule has 0 spiro atoms. The summed E-state index contributed by atoms with van der Waals surface area (Å²) in [5, 5.41) is 0. The Labute approximate surface area is 322 Å². The molecule has 10 heteroatoms. The number of unbranched alkanes of at least 4 members (excludes halogenated alkanes) is 3. The molecule has 0 radical (unpaired) electrons. The lowest BCUT2D eigenvalue weighted by molar-refractivity contribution is -0.137. The highest BCUT2D eigenvalue weighted by atomic mass is 19.4. The van der Waals surface area contributed by atoms with E-state index in [1.807, 2.05) is 47.5 Å². The number of ether oxygens (including phenoxy) is 1. The minimum absolute atomic E-state index is 0.0218. The van der Waals surface area contributed by atoms with Gasteiger partial charge in [-0.2, -0.15) is 13.2 Å². The molecule has 0 N–H and O–H groups in total. The van der Waals surface area contributed by atoms with E-state index in [4.69, 9.17) is 4.74 Å². The molecule has 2 aromatic heterocycles. The number of pyridine rings is 1. The smallest absolute Gasteiger partial charge is 0.416 e. The van der Waals surface area contributed by atoms with Gasteiger partial charge in [0.15, 0.2) is 5.78 Å². The van der Waals surface area contributed by atoms with Crippen LogP contribution in [0.4, 0.5) is 13.2 Å². The number of benzene rings is 1. The van der Waals surface area contributed by atoms with Gasteiger partial charge in [0, 0.05) is 31.4 Å². The number of alkyl halides is 3. The molecular formula is C44H65F3N4O3. The number of carbonyl (C=O) groups excluding carboxylic acids is 2. The van der Waals surface area contributed by atoms with Crippen molar-refractivity contribution in [2.75, 3.05) is 39.3 Å². The van der Waals surface area contributed by atoms with Gasteiger partial charge in [-0.05, 0) is 106 Å². The van der Waals surface area contributed by atoms with Crippen molar-refractivity contribution in [2.24, 2.45) is 0 Å². The van der Waals surface area contributed by atoms with E-state index in [0.717, 1.165) is 86.6 Å². The zero-order valence-electron chi connectivity index (χ0n) is 34.2. The molecule has 3 heterocycles. The molecule has 0 saturated carbocycles. The number of hydrogen-bond donors (Lipinski definition) is 0. The van der Waals surface area contributed by atoms with Crippen molar-refractivity contribution in [3.8, 4) is 5.75 Å². The van der Waals surface area contributed by atoms with E-state index in [-0.39, 0.29) is 11.7 Å². The summed E-state index contributed by atoms with van der Waals surface area (Å²) in [6, 6.07) is 9.73. The van der Waals surface area contributed by atoms with Gasteiger partial charge in [0.2, 0.25) is 0 Å². The van der Waals surface area contributed by atoms with Gasteiger partial charge in [-0.25, -0.2) is 4.98 Å². The van der Waals surface area contributed by atoms with Crippen LogP contribution >= 0.6 is 0 Å². The highest BCUT2D eigenvalue weighted by Crippen LogP contribution is 2.33. The number of halogens is 3. The van der Waals surface area contributed by atoms with Crippen molar-refractivity contribution in [1.29, 1.82) is 0 Å². The fraction of sp³-hybridized carbons (Fsp3) is 0.568. The van der Waals surface area contributed by atoms with Gasteiger partial charge in [-0.3, -0.25) is 18.9 Å². The Kier molecular flexibility index (Phi) is 21.0. The van der Waals surface area contributed by atoms with E-state index in [9.17, 15) is 22.8 Å². The lowest BCUT2D eigenvalue weighted by Gasteiger charge is -2.30. The Morgan fingerprint density at radius 3 is 2.20 bits per heavy atom.